The maximum absolute atomic E-state index is 12.0. The zero-order valence-corrected chi connectivity index (χ0v) is 10.7. The Kier molecular flexibility index (Phi) is 3.85. The molecule has 0 saturated carbocycles. The first kappa shape index (κ1) is 13.4. The number of amides is 1. The van der Waals surface area contributed by atoms with Crippen LogP contribution in [0.2, 0.25) is 0 Å². The quantitative estimate of drug-likeness (QED) is 0.382. The van der Waals surface area contributed by atoms with E-state index in [2.05, 4.69) is 10.3 Å². The smallest absolute Gasteiger partial charge is 0.255 e. The number of aliphatic imine (C=N–C) groups is 1. The van der Waals surface area contributed by atoms with Gasteiger partial charge in [-0.05, 0) is 48.5 Å². The van der Waals surface area contributed by atoms with Gasteiger partial charge in [-0.25, -0.2) is 4.99 Å². The molecule has 0 bridgehead atoms. The maximum atomic E-state index is 12.0. The van der Waals surface area contributed by atoms with Crippen LogP contribution in [-0.2, 0) is 0 Å². The molecule has 0 heterocycles. The van der Waals surface area contributed by atoms with Crippen LogP contribution in [0.25, 0.3) is 0 Å². The molecule has 6 heteroatoms. The second kappa shape index (κ2) is 5.75. The molecule has 0 aliphatic heterocycles. The van der Waals surface area contributed by atoms with Crippen molar-refractivity contribution in [2.24, 2.45) is 16.5 Å². The molecule has 6 nitrogen and oxygen atoms in total. The molecule has 0 atom stereocenters. The number of nitrogens with zero attached hydrogens (tertiary/aromatic N) is 1. The Balaban J connectivity index is 2.08. The fourth-order valence-electron chi connectivity index (χ4n) is 1.61. The number of carbonyl (C=O) groups excluding carboxylic acids is 1. The summed E-state index contributed by atoms with van der Waals surface area (Å²) in [5.74, 6) is -0.219. The molecule has 0 fully saturated rings. The highest BCUT2D eigenvalue weighted by molar-refractivity contribution is 6.04. The third-order valence-corrected chi connectivity index (χ3v) is 2.56. The van der Waals surface area contributed by atoms with Crippen molar-refractivity contribution in [2.45, 2.75) is 0 Å². The molecular formula is C14H15N5O. The lowest BCUT2D eigenvalue weighted by Gasteiger charge is -2.06. The van der Waals surface area contributed by atoms with E-state index in [0.29, 0.717) is 22.6 Å². The van der Waals surface area contributed by atoms with Crippen molar-refractivity contribution in [1.82, 2.24) is 0 Å². The minimum Gasteiger partial charge on any atom is -0.399 e. The first-order valence-electron chi connectivity index (χ1n) is 5.91. The topological polar surface area (TPSA) is 120 Å². The van der Waals surface area contributed by atoms with Crippen LogP contribution in [0.5, 0.6) is 0 Å². The van der Waals surface area contributed by atoms with E-state index in [0.717, 1.165) is 0 Å². The molecule has 0 spiro atoms. The number of guanidine groups is 1. The van der Waals surface area contributed by atoms with Crippen molar-refractivity contribution >= 4 is 28.9 Å². The van der Waals surface area contributed by atoms with Crippen LogP contribution < -0.4 is 22.5 Å². The summed E-state index contributed by atoms with van der Waals surface area (Å²) in [4.78, 5) is 15.9. The lowest BCUT2D eigenvalue weighted by atomic mass is 10.2. The summed E-state index contributed by atoms with van der Waals surface area (Å²) in [6, 6.07) is 13.5. The Bertz CT molecular complexity index is 628. The number of hydrogen-bond donors (Lipinski definition) is 4. The summed E-state index contributed by atoms with van der Waals surface area (Å²) in [5.41, 5.74) is 18.6. The van der Waals surface area contributed by atoms with Gasteiger partial charge >= 0.3 is 0 Å². The molecule has 7 N–H and O–H groups in total. The average molecular weight is 269 g/mol. The van der Waals surface area contributed by atoms with Crippen LogP contribution in [0, 0.1) is 0 Å². The Labute approximate surface area is 116 Å². The summed E-state index contributed by atoms with van der Waals surface area (Å²) in [6.45, 7) is 0. The Morgan fingerprint density at radius 2 is 1.55 bits per heavy atom. The lowest BCUT2D eigenvalue weighted by Crippen LogP contribution is -2.21. The van der Waals surface area contributed by atoms with Gasteiger partial charge in [0.2, 0.25) is 0 Å². The molecule has 2 aromatic rings. The van der Waals surface area contributed by atoms with E-state index in [9.17, 15) is 4.79 Å². The molecule has 0 aliphatic rings. The Morgan fingerprint density at radius 1 is 0.950 bits per heavy atom. The molecule has 0 aliphatic carbocycles. The first-order chi connectivity index (χ1) is 9.54. The van der Waals surface area contributed by atoms with E-state index in [1.165, 1.54) is 0 Å². The van der Waals surface area contributed by atoms with E-state index in [-0.39, 0.29) is 11.9 Å². The zero-order valence-electron chi connectivity index (χ0n) is 10.7. The monoisotopic (exact) mass is 269 g/mol. The van der Waals surface area contributed by atoms with Crippen molar-refractivity contribution in [3.63, 3.8) is 0 Å². The number of nitrogen functional groups attached to an aromatic ring is 1. The van der Waals surface area contributed by atoms with Gasteiger partial charge in [-0.3, -0.25) is 4.79 Å². The number of carbonyl (C=O) groups is 1. The van der Waals surface area contributed by atoms with Gasteiger partial charge in [0.1, 0.15) is 0 Å². The number of rotatable bonds is 3. The van der Waals surface area contributed by atoms with Crippen molar-refractivity contribution in [3.05, 3.63) is 54.1 Å². The molecule has 1 amide bonds. The number of nitrogens with one attached hydrogen (secondary N) is 1. The summed E-state index contributed by atoms with van der Waals surface area (Å²) in [5, 5.41) is 2.77. The SMILES string of the molecule is NC(N)=Nc1ccc(NC(=O)c2ccc(N)cc2)cc1. The maximum Gasteiger partial charge on any atom is 0.255 e. The highest BCUT2D eigenvalue weighted by Crippen LogP contribution is 2.17. The van der Waals surface area contributed by atoms with Gasteiger partial charge in [0, 0.05) is 16.9 Å². The van der Waals surface area contributed by atoms with Crippen molar-refractivity contribution in [1.29, 1.82) is 0 Å². The van der Waals surface area contributed by atoms with Gasteiger partial charge in [-0.2, -0.15) is 0 Å². The lowest BCUT2D eigenvalue weighted by molar-refractivity contribution is 0.102. The molecule has 0 aromatic heterocycles. The van der Waals surface area contributed by atoms with Crippen LogP contribution in [-0.4, -0.2) is 11.9 Å². The van der Waals surface area contributed by atoms with Crippen molar-refractivity contribution in [2.75, 3.05) is 11.1 Å². The van der Waals surface area contributed by atoms with E-state index in [1.54, 1.807) is 48.5 Å². The van der Waals surface area contributed by atoms with E-state index < -0.39 is 0 Å². The van der Waals surface area contributed by atoms with Gasteiger partial charge in [0.15, 0.2) is 5.96 Å². The van der Waals surface area contributed by atoms with Gasteiger partial charge < -0.3 is 22.5 Å². The van der Waals surface area contributed by atoms with Crippen LogP contribution in [0.15, 0.2) is 53.5 Å². The van der Waals surface area contributed by atoms with Gasteiger partial charge in [0.05, 0.1) is 5.69 Å². The van der Waals surface area contributed by atoms with Gasteiger partial charge in [0.25, 0.3) is 5.91 Å². The highest BCUT2D eigenvalue weighted by atomic mass is 16.1. The van der Waals surface area contributed by atoms with Gasteiger partial charge in [-0.15, -0.1) is 0 Å². The molecule has 2 rings (SSSR count). The number of anilines is 2. The second-order valence-corrected chi connectivity index (χ2v) is 4.16. The average Bonchev–Trinajstić information content (AvgIpc) is 2.41. The standard InChI is InChI=1S/C14H15N5O/c15-10-3-1-9(2-4-10)13(20)18-11-5-7-12(8-6-11)19-14(16)17/h1-8H,15H2,(H,18,20)(H4,16,17,19). The van der Waals surface area contributed by atoms with E-state index in [4.69, 9.17) is 17.2 Å². The van der Waals surface area contributed by atoms with Gasteiger partial charge in [-0.1, -0.05) is 0 Å². The molecule has 0 unspecified atom stereocenters. The molecule has 0 radical (unpaired) electrons. The van der Waals surface area contributed by atoms with E-state index >= 15 is 0 Å². The third-order valence-electron chi connectivity index (χ3n) is 2.56. The Hall–Kier alpha value is -3.02. The fraction of sp³-hybridized carbons (Fsp3) is 0. The van der Waals surface area contributed by atoms with Crippen LogP contribution >= 0.6 is 0 Å². The van der Waals surface area contributed by atoms with Crippen LogP contribution in [0.1, 0.15) is 10.4 Å². The van der Waals surface area contributed by atoms with Crippen LogP contribution in [0.4, 0.5) is 17.1 Å². The van der Waals surface area contributed by atoms with Crippen LogP contribution in [0.3, 0.4) is 0 Å². The molecule has 20 heavy (non-hydrogen) atoms. The normalized spacial score (nSPS) is 9.80. The largest absolute Gasteiger partial charge is 0.399 e. The molecular weight excluding hydrogens is 254 g/mol. The van der Waals surface area contributed by atoms with Crippen molar-refractivity contribution in [3.8, 4) is 0 Å². The summed E-state index contributed by atoms with van der Waals surface area (Å²) in [6.07, 6.45) is 0. The van der Waals surface area contributed by atoms with Crippen molar-refractivity contribution < 1.29 is 4.79 Å². The number of hydrogen-bond acceptors (Lipinski definition) is 3. The predicted octanol–water partition coefficient (Wildman–Crippen LogP) is 1.43. The second-order valence-electron chi connectivity index (χ2n) is 4.16. The summed E-state index contributed by atoms with van der Waals surface area (Å²) in [7, 11) is 0. The summed E-state index contributed by atoms with van der Waals surface area (Å²) < 4.78 is 0. The summed E-state index contributed by atoms with van der Waals surface area (Å²) >= 11 is 0. The molecule has 0 saturated heterocycles. The third kappa shape index (κ3) is 3.49. The minimum atomic E-state index is -0.209. The predicted molar refractivity (Wildman–Crippen MR) is 80.7 cm³/mol. The number of nitrogens with two attached hydrogens (primary N) is 3. The zero-order chi connectivity index (χ0) is 14.5. The first-order valence-corrected chi connectivity index (χ1v) is 5.91. The minimum absolute atomic E-state index is 0.0105. The Morgan fingerprint density at radius 3 is 2.10 bits per heavy atom. The highest BCUT2D eigenvalue weighted by Gasteiger charge is 2.05. The molecule has 102 valence electrons. The molecule has 2 aromatic carbocycles. The fourth-order valence-corrected chi connectivity index (χ4v) is 1.61. The van der Waals surface area contributed by atoms with E-state index in [1.807, 2.05) is 0 Å². The number of benzene rings is 2.